The van der Waals surface area contributed by atoms with Crippen molar-refractivity contribution in [1.29, 1.82) is 0 Å². The van der Waals surface area contributed by atoms with Crippen molar-refractivity contribution >= 4 is 76.8 Å². The molecule has 0 aliphatic carbocycles. The zero-order valence-electron chi connectivity index (χ0n) is 22.2. The molecule has 0 fully saturated rings. The van der Waals surface area contributed by atoms with Gasteiger partial charge in [-0.3, -0.25) is 4.79 Å². The molecule has 0 aliphatic rings. The average molecular weight is 756 g/mol. The summed E-state index contributed by atoms with van der Waals surface area (Å²) < 4.78 is 18.5. The molecule has 0 saturated carbocycles. The van der Waals surface area contributed by atoms with E-state index >= 15 is 0 Å². The van der Waals surface area contributed by atoms with Crippen molar-refractivity contribution in [3.63, 3.8) is 0 Å². The van der Waals surface area contributed by atoms with Gasteiger partial charge in [0, 0.05) is 25.5 Å². The Kier molecular flexibility index (Phi) is 9.10. The molecule has 1 aromatic heterocycles. The lowest BCUT2D eigenvalue weighted by molar-refractivity contribution is 0.0732. The minimum atomic E-state index is -0.583. The van der Waals surface area contributed by atoms with Crippen molar-refractivity contribution in [3.05, 3.63) is 109 Å². The van der Waals surface area contributed by atoms with Crippen LogP contribution in [0.25, 0.3) is 22.0 Å². The Balaban J connectivity index is 1.47. The molecule has 0 radical (unpaired) electrons. The zero-order chi connectivity index (χ0) is 29.8. The number of hydrogen-bond donors (Lipinski definition) is 2. The number of carbonyl (C=O) groups excluding carboxylic acids is 2. The van der Waals surface area contributed by atoms with E-state index in [9.17, 15) is 9.59 Å². The molecule has 5 rings (SSSR count). The van der Waals surface area contributed by atoms with Gasteiger partial charge in [0.15, 0.2) is 5.75 Å². The zero-order valence-corrected chi connectivity index (χ0v) is 27.0. The van der Waals surface area contributed by atoms with Gasteiger partial charge in [0.25, 0.3) is 5.91 Å². The lowest BCUT2D eigenvalue weighted by Gasteiger charge is -2.11. The van der Waals surface area contributed by atoms with Crippen LogP contribution in [0.3, 0.4) is 0 Å². The minimum Gasteiger partial charge on any atom is -0.497 e. The first-order chi connectivity index (χ1) is 20.3. The van der Waals surface area contributed by atoms with Crippen LogP contribution < -0.4 is 19.6 Å². The third-order valence-electron chi connectivity index (χ3n) is 6.28. The molecule has 0 spiro atoms. The smallest absolute Gasteiger partial charge is 0.343 e. The minimum absolute atomic E-state index is 0.230. The summed E-state index contributed by atoms with van der Waals surface area (Å²) in [6, 6.07) is 23.4. The van der Waals surface area contributed by atoms with E-state index in [4.69, 9.17) is 14.2 Å². The molecule has 0 atom stereocenters. The van der Waals surface area contributed by atoms with Crippen molar-refractivity contribution in [2.75, 3.05) is 14.2 Å². The second kappa shape index (κ2) is 12.9. The number of fused-ring (bicyclic) bond motifs is 1. The summed E-state index contributed by atoms with van der Waals surface area (Å²) in [6.07, 6.45) is 1.41. The second-order valence-corrected chi connectivity index (χ2v) is 11.5. The Hall–Kier alpha value is -3.93. The van der Waals surface area contributed by atoms with Gasteiger partial charge in [-0.15, -0.1) is 0 Å². The first-order valence-corrected chi connectivity index (χ1v) is 14.8. The number of hydrogen-bond acceptors (Lipinski definition) is 6. The van der Waals surface area contributed by atoms with Gasteiger partial charge in [0.05, 0.1) is 36.0 Å². The number of esters is 1. The highest BCUT2D eigenvalue weighted by molar-refractivity contribution is 9.11. The van der Waals surface area contributed by atoms with Crippen molar-refractivity contribution in [2.45, 2.75) is 0 Å². The maximum absolute atomic E-state index is 13.5. The number of benzene rings is 4. The molecule has 212 valence electrons. The van der Waals surface area contributed by atoms with Crippen molar-refractivity contribution in [1.82, 2.24) is 10.4 Å². The summed E-state index contributed by atoms with van der Waals surface area (Å²) in [4.78, 5) is 29.7. The quantitative estimate of drug-likeness (QED) is 0.0721. The van der Waals surface area contributed by atoms with E-state index in [2.05, 4.69) is 63.3 Å². The summed E-state index contributed by atoms with van der Waals surface area (Å²) in [7, 11) is 3.09. The normalized spacial score (nSPS) is 11.1. The Bertz CT molecular complexity index is 1840. The van der Waals surface area contributed by atoms with Crippen LogP contribution in [-0.4, -0.2) is 37.3 Å². The first kappa shape index (κ1) is 29.6. The maximum Gasteiger partial charge on any atom is 0.343 e. The fourth-order valence-electron chi connectivity index (χ4n) is 4.37. The standard InChI is InChI=1S/C31H22Br3N3O5/c1-40-21-10-6-9-18(14-21)31(39)42-29-19(13-20(32)15-23(29)34)16-35-37-30(38)28-25(17-7-4-3-5-8-17)26-22(33)11-12-24(41-2)27(26)36-28/h3-16,36H,1-2H3,(H,37,38). The van der Waals surface area contributed by atoms with Crippen LogP contribution in [0.2, 0.25) is 0 Å². The summed E-state index contributed by atoms with van der Waals surface area (Å²) in [5.41, 5.74) is 5.87. The topological polar surface area (TPSA) is 102 Å². The SMILES string of the molecule is COc1cccc(C(=O)Oc2c(Br)cc(Br)cc2C=NNC(=O)c2[nH]c3c(OC)ccc(Br)c3c2-c2ccccc2)c1. The molecule has 0 saturated heterocycles. The van der Waals surface area contributed by atoms with Gasteiger partial charge in [-0.1, -0.05) is 68.3 Å². The van der Waals surface area contributed by atoms with Crippen LogP contribution in [-0.2, 0) is 0 Å². The molecule has 42 heavy (non-hydrogen) atoms. The number of methoxy groups -OCH3 is 2. The largest absolute Gasteiger partial charge is 0.497 e. The molecule has 0 unspecified atom stereocenters. The highest BCUT2D eigenvalue weighted by Gasteiger charge is 2.23. The molecular formula is C31H22Br3N3O5. The molecule has 1 heterocycles. The third-order valence-corrected chi connectivity index (χ3v) is 7.99. The van der Waals surface area contributed by atoms with Crippen molar-refractivity contribution in [2.24, 2.45) is 5.10 Å². The van der Waals surface area contributed by atoms with Gasteiger partial charge in [-0.25, -0.2) is 10.2 Å². The fraction of sp³-hybridized carbons (Fsp3) is 0.0645. The number of carbonyl (C=O) groups is 2. The fourth-order valence-corrected chi connectivity index (χ4v) is 6.24. The molecule has 2 N–H and O–H groups in total. The number of halogens is 3. The lowest BCUT2D eigenvalue weighted by Crippen LogP contribution is -2.19. The van der Waals surface area contributed by atoms with Gasteiger partial charge in [0.1, 0.15) is 17.2 Å². The maximum atomic E-state index is 13.5. The number of rotatable bonds is 8. The average Bonchev–Trinajstić information content (AvgIpc) is 3.41. The second-order valence-electron chi connectivity index (χ2n) is 8.87. The van der Waals surface area contributed by atoms with Gasteiger partial charge in [-0.2, -0.15) is 5.10 Å². The van der Waals surface area contributed by atoms with E-state index in [0.29, 0.717) is 48.3 Å². The summed E-state index contributed by atoms with van der Waals surface area (Å²) >= 11 is 10.5. The number of hydrazone groups is 1. The number of amides is 1. The van der Waals surface area contributed by atoms with E-state index in [-0.39, 0.29) is 5.75 Å². The molecule has 0 bridgehead atoms. The van der Waals surface area contributed by atoms with Crippen LogP contribution in [0, 0.1) is 0 Å². The number of nitrogens with one attached hydrogen (secondary N) is 2. The Morgan fingerprint density at radius 1 is 0.881 bits per heavy atom. The van der Waals surface area contributed by atoms with Crippen molar-refractivity contribution in [3.8, 4) is 28.4 Å². The summed E-state index contributed by atoms with van der Waals surface area (Å²) in [5, 5.41) is 5.00. The molecule has 11 heteroatoms. The third kappa shape index (κ3) is 6.13. The number of aromatic amines is 1. The van der Waals surface area contributed by atoms with E-state index in [1.165, 1.54) is 13.3 Å². The molecule has 0 aliphatic heterocycles. The van der Waals surface area contributed by atoms with Crippen LogP contribution in [0.4, 0.5) is 0 Å². The first-order valence-electron chi connectivity index (χ1n) is 12.4. The van der Waals surface area contributed by atoms with Gasteiger partial charge in [0.2, 0.25) is 0 Å². The Morgan fingerprint density at radius 3 is 2.40 bits per heavy atom. The van der Waals surface area contributed by atoms with E-state index in [0.717, 1.165) is 15.4 Å². The number of H-pyrrole nitrogens is 1. The summed E-state index contributed by atoms with van der Waals surface area (Å²) in [6.45, 7) is 0. The van der Waals surface area contributed by atoms with Gasteiger partial charge >= 0.3 is 5.97 Å². The van der Waals surface area contributed by atoms with Crippen molar-refractivity contribution < 1.29 is 23.8 Å². The Labute approximate surface area is 266 Å². The van der Waals surface area contributed by atoms with Gasteiger partial charge in [-0.05, 0) is 64.0 Å². The monoisotopic (exact) mass is 753 g/mol. The van der Waals surface area contributed by atoms with Crippen LogP contribution in [0.1, 0.15) is 26.4 Å². The van der Waals surface area contributed by atoms with Gasteiger partial charge < -0.3 is 19.2 Å². The van der Waals surface area contributed by atoms with Crippen LogP contribution in [0.15, 0.2) is 97.4 Å². The predicted molar refractivity (Wildman–Crippen MR) is 173 cm³/mol. The Morgan fingerprint density at radius 2 is 1.67 bits per heavy atom. The highest BCUT2D eigenvalue weighted by Crippen LogP contribution is 2.41. The number of nitrogens with zero attached hydrogens (tertiary/aromatic N) is 1. The molecule has 4 aromatic carbocycles. The highest BCUT2D eigenvalue weighted by atomic mass is 79.9. The number of ether oxygens (including phenoxy) is 3. The van der Waals surface area contributed by atoms with E-state index in [1.54, 1.807) is 43.5 Å². The molecule has 5 aromatic rings. The number of aromatic nitrogens is 1. The van der Waals surface area contributed by atoms with E-state index in [1.807, 2.05) is 42.5 Å². The summed E-state index contributed by atoms with van der Waals surface area (Å²) in [5.74, 6) is 0.294. The van der Waals surface area contributed by atoms with E-state index < -0.39 is 11.9 Å². The molecule has 8 nitrogen and oxygen atoms in total. The predicted octanol–water partition coefficient (Wildman–Crippen LogP) is 8.12. The molecule has 1 amide bonds. The lowest BCUT2D eigenvalue weighted by atomic mass is 10.0. The molecular weight excluding hydrogens is 734 g/mol. The van der Waals surface area contributed by atoms with Crippen LogP contribution in [0.5, 0.6) is 17.2 Å². The van der Waals surface area contributed by atoms with Crippen LogP contribution >= 0.6 is 47.8 Å².